The second-order valence-corrected chi connectivity index (χ2v) is 3.99. The molecule has 2 N–H and O–H groups in total. The summed E-state index contributed by atoms with van der Waals surface area (Å²) in [5.74, 6) is -0.781. The third-order valence-corrected chi connectivity index (χ3v) is 2.64. The topological polar surface area (TPSA) is 43.1 Å². The van der Waals surface area contributed by atoms with Gasteiger partial charge in [0.1, 0.15) is 5.82 Å². The number of nitrogen functional groups attached to an aromatic ring is 1. The van der Waals surface area contributed by atoms with E-state index in [0.717, 1.165) is 0 Å². The molecule has 0 unspecified atom stereocenters. The first-order chi connectivity index (χ1) is 8.08. The predicted molar refractivity (Wildman–Crippen MR) is 65.7 cm³/mol. The van der Waals surface area contributed by atoms with E-state index in [0.29, 0.717) is 11.3 Å². The Morgan fingerprint density at radius 2 is 1.94 bits per heavy atom. The van der Waals surface area contributed by atoms with Gasteiger partial charge in [-0.15, -0.1) is 0 Å². The second-order valence-electron chi connectivity index (χ2n) is 3.58. The van der Waals surface area contributed by atoms with Gasteiger partial charge in [0.2, 0.25) is 0 Å². The molecule has 4 heteroatoms. The quantitative estimate of drug-likeness (QED) is 0.656. The lowest BCUT2D eigenvalue weighted by Crippen LogP contribution is -2.03. The van der Waals surface area contributed by atoms with Gasteiger partial charge in [-0.3, -0.25) is 4.79 Å². The fraction of sp³-hybridized carbons (Fsp3) is 0. The highest BCUT2D eigenvalue weighted by molar-refractivity contribution is 6.35. The minimum Gasteiger partial charge on any atom is -0.399 e. The zero-order valence-electron chi connectivity index (χ0n) is 8.78. The number of rotatable bonds is 2. The Bertz CT molecular complexity index is 583. The molecule has 0 aromatic heterocycles. The van der Waals surface area contributed by atoms with Crippen LogP contribution in [0.2, 0.25) is 5.02 Å². The van der Waals surface area contributed by atoms with Crippen molar-refractivity contribution in [2.45, 2.75) is 0 Å². The molecule has 0 heterocycles. The van der Waals surface area contributed by atoms with E-state index < -0.39 is 5.82 Å². The van der Waals surface area contributed by atoms with Gasteiger partial charge in [0, 0.05) is 16.8 Å². The summed E-state index contributed by atoms with van der Waals surface area (Å²) in [5, 5.41) is 0.263. The van der Waals surface area contributed by atoms with Crippen LogP contribution in [-0.2, 0) is 0 Å². The minimum absolute atomic E-state index is 0.261. The molecule has 0 aliphatic heterocycles. The van der Waals surface area contributed by atoms with Crippen LogP contribution >= 0.6 is 11.6 Å². The first-order valence-corrected chi connectivity index (χ1v) is 5.31. The van der Waals surface area contributed by atoms with Gasteiger partial charge in [0.25, 0.3) is 0 Å². The van der Waals surface area contributed by atoms with Gasteiger partial charge >= 0.3 is 0 Å². The van der Waals surface area contributed by atoms with Crippen LogP contribution in [0.25, 0.3) is 0 Å². The molecule has 17 heavy (non-hydrogen) atoms. The number of nitrogens with two attached hydrogens (primary N) is 1. The number of hydrogen-bond acceptors (Lipinski definition) is 2. The molecule has 0 atom stereocenters. The molecule has 0 aliphatic carbocycles. The third-order valence-electron chi connectivity index (χ3n) is 2.32. The van der Waals surface area contributed by atoms with Gasteiger partial charge in [0.05, 0.1) is 5.02 Å². The fourth-order valence-electron chi connectivity index (χ4n) is 1.50. The normalized spacial score (nSPS) is 10.2. The molecule has 0 fully saturated rings. The van der Waals surface area contributed by atoms with Gasteiger partial charge in [-0.25, -0.2) is 4.39 Å². The Hall–Kier alpha value is -1.87. The van der Waals surface area contributed by atoms with E-state index >= 15 is 0 Å². The Balaban J connectivity index is 2.44. The molecule has 2 rings (SSSR count). The minimum atomic E-state index is -0.456. The molecule has 0 aliphatic rings. The number of carbonyl (C=O) groups excluding carboxylic acids is 1. The summed E-state index contributed by atoms with van der Waals surface area (Å²) < 4.78 is 13.0. The summed E-state index contributed by atoms with van der Waals surface area (Å²) in [7, 11) is 0. The van der Waals surface area contributed by atoms with E-state index in [1.807, 2.05) is 0 Å². The van der Waals surface area contributed by atoms with Crippen molar-refractivity contribution in [2.24, 2.45) is 0 Å². The van der Waals surface area contributed by atoms with Gasteiger partial charge in [-0.1, -0.05) is 23.7 Å². The SMILES string of the molecule is Nc1ccc(C(=O)c2cccc(F)c2)c(Cl)c1. The van der Waals surface area contributed by atoms with Crippen molar-refractivity contribution >= 4 is 23.1 Å². The number of halogens is 2. The highest BCUT2D eigenvalue weighted by Gasteiger charge is 2.13. The lowest BCUT2D eigenvalue weighted by Gasteiger charge is -2.04. The zero-order valence-corrected chi connectivity index (χ0v) is 9.54. The van der Waals surface area contributed by atoms with E-state index in [4.69, 9.17) is 17.3 Å². The van der Waals surface area contributed by atoms with Crippen molar-refractivity contribution in [1.82, 2.24) is 0 Å². The monoisotopic (exact) mass is 249 g/mol. The van der Waals surface area contributed by atoms with Crippen molar-refractivity contribution in [3.8, 4) is 0 Å². The highest BCUT2D eigenvalue weighted by atomic mass is 35.5. The van der Waals surface area contributed by atoms with E-state index in [1.54, 1.807) is 6.07 Å². The number of carbonyl (C=O) groups is 1. The molecule has 2 aromatic rings. The van der Waals surface area contributed by atoms with Gasteiger partial charge in [-0.2, -0.15) is 0 Å². The molecular weight excluding hydrogens is 241 g/mol. The second kappa shape index (κ2) is 4.55. The predicted octanol–water partition coefficient (Wildman–Crippen LogP) is 3.29. The maximum Gasteiger partial charge on any atom is 0.194 e. The average molecular weight is 250 g/mol. The van der Waals surface area contributed by atoms with Crippen LogP contribution in [0.4, 0.5) is 10.1 Å². The summed E-state index contributed by atoms with van der Waals surface area (Å²) in [5.41, 5.74) is 6.58. The molecule has 0 spiro atoms. The maximum absolute atomic E-state index is 13.0. The lowest BCUT2D eigenvalue weighted by molar-refractivity contribution is 0.103. The first kappa shape index (κ1) is 11.6. The van der Waals surface area contributed by atoms with Crippen LogP contribution < -0.4 is 5.73 Å². The lowest BCUT2D eigenvalue weighted by atomic mass is 10.0. The molecule has 0 saturated carbocycles. The van der Waals surface area contributed by atoms with Crippen molar-refractivity contribution < 1.29 is 9.18 Å². The summed E-state index contributed by atoms with van der Waals surface area (Å²) in [6.07, 6.45) is 0. The molecule has 0 radical (unpaired) electrons. The highest BCUT2D eigenvalue weighted by Crippen LogP contribution is 2.22. The van der Waals surface area contributed by atoms with Crippen LogP contribution in [0, 0.1) is 5.82 Å². The Morgan fingerprint density at radius 3 is 2.59 bits per heavy atom. The Morgan fingerprint density at radius 1 is 1.18 bits per heavy atom. The van der Waals surface area contributed by atoms with E-state index in [1.165, 1.54) is 36.4 Å². The van der Waals surface area contributed by atoms with Gasteiger partial charge in [0.15, 0.2) is 5.78 Å². The Kier molecular flexibility index (Phi) is 3.11. The molecule has 86 valence electrons. The van der Waals surface area contributed by atoms with Crippen LogP contribution in [0.5, 0.6) is 0 Å². The van der Waals surface area contributed by atoms with Crippen molar-refractivity contribution in [3.05, 3.63) is 64.4 Å². The van der Waals surface area contributed by atoms with Gasteiger partial charge in [-0.05, 0) is 30.3 Å². The molecular formula is C13H9ClFNO. The first-order valence-electron chi connectivity index (χ1n) is 4.93. The number of anilines is 1. The molecule has 2 nitrogen and oxygen atoms in total. The molecule has 2 aromatic carbocycles. The van der Waals surface area contributed by atoms with E-state index in [-0.39, 0.29) is 16.4 Å². The van der Waals surface area contributed by atoms with Crippen LogP contribution in [0.15, 0.2) is 42.5 Å². The maximum atomic E-state index is 13.0. The van der Waals surface area contributed by atoms with Crippen molar-refractivity contribution in [2.75, 3.05) is 5.73 Å². The number of benzene rings is 2. The van der Waals surface area contributed by atoms with Crippen LogP contribution in [-0.4, -0.2) is 5.78 Å². The number of hydrogen-bond donors (Lipinski definition) is 1. The molecule has 0 amide bonds. The smallest absolute Gasteiger partial charge is 0.194 e. The summed E-state index contributed by atoms with van der Waals surface area (Å²) in [4.78, 5) is 12.0. The summed E-state index contributed by atoms with van der Waals surface area (Å²) >= 11 is 5.92. The van der Waals surface area contributed by atoms with Crippen molar-refractivity contribution in [1.29, 1.82) is 0 Å². The molecule has 0 saturated heterocycles. The van der Waals surface area contributed by atoms with Crippen LogP contribution in [0.3, 0.4) is 0 Å². The zero-order chi connectivity index (χ0) is 12.4. The summed E-state index contributed by atoms with van der Waals surface area (Å²) in [6.45, 7) is 0. The largest absolute Gasteiger partial charge is 0.399 e. The van der Waals surface area contributed by atoms with Crippen molar-refractivity contribution in [3.63, 3.8) is 0 Å². The standard InChI is InChI=1S/C13H9ClFNO/c14-12-7-10(16)4-5-11(12)13(17)8-2-1-3-9(15)6-8/h1-7H,16H2. The summed E-state index contributed by atoms with van der Waals surface area (Å²) in [6, 6.07) is 10.1. The fourth-order valence-corrected chi connectivity index (χ4v) is 1.78. The van der Waals surface area contributed by atoms with Gasteiger partial charge < -0.3 is 5.73 Å². The Labute approximate surface area is 103 Å². The third kappa shape index (κ3) is 2.45. The van der Waals surface area contributed by atoms with E-state index in [9.17, 15) is 9.18 Å². The van der Waals surface area contributed by atoms with Crippen LogP contribution in [0.1, 0.15) is 15.9 Å². The van der Waals surface area contributed by atoms with E-state index in [2.05, 4.69) is 0 Å². The number of ketones is 1. The molecule has 0 bridgehead atoms. The average Bonchev–Trinajstić information content (AvgIpc) is 2.28.